The zero-order valence-electron chi connectivity index (χ0n) is 10.3. The quantitative estimate of drug-likeness (QED) is 0.823. The van der Waals surface area contributed by atoms with E-state index >= 15 is 0 Å². The van der Waals surface area contributed by atoms with Gasteiger partial charge in [0.2, 0.25) is 0 Å². The molecule has 94 valence electrons. The molecule has 0 saturated heterocycles. The lowest BCUT2D eigenvalue weighted by Gasteiger charge is -2.18. The fourth-order valence-electron chi connectivity index (χ4n) is 1.96. The Labute approximate surface area is 101 Å². The van der Waals surface area contributed by atoms with Crippen LogP contribution >= 0.6 is 0 Å². The van der Waals surface area contributed by atoms with Gasteiger partial charge in [0.15, 0.2) is 11.5 Å². The molecule has 0 bridgehead atoms. The molecule has 0 amide bonds. The summed E-state index contributed by atoms with van der Waals surface area (Å²) >= 11 is 0. The second kappa shape index (κ2) is 4.55. The molecule has 0 saturated carbocycles. The first kappa shape index (κ1) is 12.2. The van der Waals surface area contributed by atoms with Crippen LogP contribution < -0.4 is 15.2 Å². The van der Waals surface area contributed by atoms with Crippen LogP contribution in [0.25, 0.3) is 0 Å². The van der Waals surface area contributed by atoms with Gasteiger partial charge in [-0.25, -0.2) is 0 Å². The van der Waals surface area contributed by atoms with Crippen LogP contribution in [0.2, 0.25) is 0 Å². The Kier molecular flexibility index (Phi) is 3.26. The number of rotatable bonds is 4. The van der Waals surface area contributed by atoms with Crippen LogP contribution in [0.3, 0.4) is 0 Å². The minimum Gasteiger partial charge on any atom is -0.487 e. The predicted molar refractivity (Wildman–Crippen MR) is 65.4 cm³/mol. The first-order valence-electron chi connectivity index (χ1n) is 5.84. The van der Waals surface area contributed by atoms with Gasteiger partial charge in [-0.3, -0.25) is 0 Å². The molecule has 0 aromatic heterocycles. The number of aliphatic hydroxyl groups excluding tert-OH is 1. The third-order valence-electron chi connectivity index (χ3n) is 2.76. The number of benzene rings is 1. The highest BCUT2D eigenvalue weighted by atomic mass is 16.5. The van der Waals surface area contributed by atoms with Gasteiger partial charge in [-0.15, -0.1) is 0 Å². The number of fused-ring (bicyclic) bond motifs is 1. The Morgan fingerprint density at radius 2 is 2.29 bits per heavy atom. The van der Waals surface area contributed by atoms with Gasteiger partial charge in [-0.1, -0.05) is 12.1 Å². The molecule has 0 radical (unpaired) electrons. The molecule has 1 aromatic carbocycles. The van der Waals surface area contributed by atoms with Crippen LogP contribution in [0, 0.1) is 0 Å². The zero-order valence-corrected chi connectivity index (χ0v) is 10.3. The Bertz CT molecular complexity index is 404. The standard InChI is InChI=1S/C13H19NO3/c1-13(2)6-9-4-3-5-11(12(9)17-13)16-8-10(15)7-14/h3-5,10,15H,6-8,14H2,1-2H3/t10-/m1/s1. The molecular weight excluding hydrogens is 218 g/mol. The lowest BCUT2D eigenvalue weighted by molar-refractivity contribution is 0.103. The zero-order chi connectivity index (χ0) is 12.5. The molecule has 2 rings (SSSR count). The van der Waals surface area contributed by atoms with Crippen molar-refractivity contribution in [2.75, 3.05) is 13.2 Å². The monoisotopic (exact) mass is 237 g/mol. The normalized spacial score (nSPS) is 18.4. The summed E-state index contributed by atoms with van der Waals surface area (Å²) in [6.45, 7) is 4.48. The summed E-state index contributed by atoms with van der Waals surface area (Å²) in [5, 5.41) is 9.38. The van der Waals surface area contributed by atoms with E-state index in [1.807, 2.05) is 32.0 Å². The van der Waals surface area contributed by atoms with Crippen molar-refractivity contribution in [2.45, 2.75) is 32.0 Å². The molecule has 3 N–H and O–H groups in total. The van der Waals surface area contributed by atoms with Crippen molar-refractivity contribution in [3.63, 3.8) is 0 Å². The van der Waals surface area contributed by atoms with Gasteiger partial charge in [0, 0.05) is 18.5 Å². The lowest BCUT2D eigenvalue weighted by atomic mass is 10.0. The molecular formula is C13H19NO3. The molecule has 1 heterocycles. The largest absolute Gasteiger partial charge is 0.487 e. The average molecular weight is 237 g/mol. The smallest absolute Gasteiger partial charge is 0.165 e. The predicted octanol–water partition coefficient (Wildman–Crippen LogP) is 1.10. The van der Waals surface area contributed by atoms with E-state index in [1.165, 1.54) is 0 Å². The maximum atomic E-state index is 9.38. The Morgan fingerprint density at radius 1 is 1.53 bits per heavy atom. The Balaban J connectivity index is 2.13. The van der Waals surface area contributed by atoms with E-state index in [0.29, 0.717) is 5.75 Å². The number of hydrogen-bond donors (Lipinski definition) is 2. The van der Waals surface area contributed by atoms with Crippen LogP contribution in [0.15, 0.2) is 18.2 Å². The summed E-state index contributed by atoms with van der Waals surface area (Å²) in [6.07, 6.45) is 0.235. The van der Waals surface area contributed by atoms with Crippen LogP contribution in [0.1, 0.15) is 19.4 Å². The summed E-state index contributed by atoms with van der Waals surface area (Å²) in [4.78, 5) is 0. The fraction of sp³-hybridized carbons (Fsp3) is 0.538. The van der Waals surface area contributed by atoms with Crippen molar-refractivity contribution in [1.29, 1.82) is 0 Å². The van der Waals surface area contributed by atoms with Crippen LogP contribution in [0.5, 0.6) is 11.5 Å². The maximum absolute atomic E-state index is 9.38. The third kappa shape index (κ3) is 2.70. The molecule has 4 nitrogen and oxygen atoms in total. The second-order valence-electron chi connectivity index (χ2n) is 4.98. The highest BCUT2D eigenvalue weighted by Crippen LogP contribution is 2.41. The van der Waals surface area contributed by atoms with E-state index in [1.54, 1.807) is 0 Å². The Morgan fingerprint density at radius 3 is 3.00 bits per heavy atom. The molecule has 1 atom stereocenters. The highest BCUT2D eigenvalue weighted by molar-refractivity contribution is 5.50. The molecule has 17 heavy (non-hydrogen) atoms. The molecule has 1 aliphatic rings. The molecule has 1 aromatic rings. The number of para-hydroxylation sites is 1. The third-order valence-corrected chi connectivity index (χ3v) is 2.76. The van der Waals surface area contributed by atoms with E-state index in [4.69, 9.17) is 15.2 Å². The van der Waals surface area contributed by atoms with Crippen LogP contribution in [0.4, 0.5) is 0 Å². The van der Waals surface area contributed by atoms with Crippen molar-refractivity contribution in [3.05, 3.63) is 23.8 Å². The highest BCUT2D eigenvalue weighted by Gasteiger charge is 2.32. The number of nitrogens with two attached hydrogens (primary N) is 1. The topological polar surface area (TPSA) is 64.7 Å². The van der Waals surface area contributed by atoms with Gasteiger partial charge in [0.05, 0.1) is 0 Å². The van der Waals surface area contributed by atoms with Gasteiger partial charge in [0.25, 0.3) is 0 Å². The summed E-state index contributed by atoms with van der Waals surface area (Å²) in [5.74, 6) is 1.47. The SMILES string of the molecule is CC1(C)Cc2cccc(OC[C@H](O)CN)c2O1. The summed E-state index contributed by atoms with van der Waals surface area (Å²) in [6, 6.07) is 5.83. The number of aliphatic hydroxyl groups is 1. The summed E-state index contributed by atoms with van der Waals surface area (Å²) in [7, 11) is 0. The maximum Gasteiger partial charge on any atom is 0.165 e. The molecule has 0 spiro atoms. The van der Waals surface area contributed by atoms with Crippen LogP contribution in [-0.4, -0.2) is 30.0 Å². The minimum atomic E-state index is -0.639. The minimum absolute atomic E-state index is 0.186. The lowest BCUT2D eigenvalue weighted by Crippen LogP contribution is -2.27. The summed E-state index contributed by atoms with van der Waals surface area (Å²) in [5.41, 5.74) is 6.29. The van der Waals surface area contributed by atoms with Crippen molar-refractivity contribution in [2.24, 2.45) is 5.73 Å². The van der Waals surface area contributed by atoms with E-state index < -0.39 is 6.10 Å². The van der Waals surface area contributed by atoms with E-state index in [0.717, 1.165) is 17.7 Å². The fourth-order valence-corrected chi connectivity index (χ4v) is 1.96. The van der Waals surface area contributed by atoms with Crippen molar-refractivity contribution < 1.29 is 14.6 Å². The average Bonchev–Trinajstić information content (AvgIpc) is 2.60. The summed E-state index contributed by atoms with van der Waals surface area (Å²) < 4.78 is 11.4. The second-order valence-corrected chi connectivity index (χ2v) is 4.98. The van der Waals surface area contributed by atoms with Crippen molar-refractivity contribution in [3.8, 4) is 11.5 Å². The van der Waals surface area contributed by atoms with Crippen molar-refractivity contribution >= 4 is 0 Å². The Hall–Kier alpha value is -1.26. The first-order valence-corrected chi connectivity index (χ1v) is 5.84. The molecule has 1 aliphatic heterocycles. The van der Waals surface area contributed by atoms with Gasteiger partial charge >= 0.3 is 0 Å². The van der Waals surface area contributed by atoms with Gasteiger partial charge < -0.3 is 20.3 Å². The van der Waals surface area contributed by atoms with Crippen molar-refractivity contribution in [1.82, 2.24) is 0 Å². The van der Waals surface area contributed by atoms with E-state index in [9.17, 15) is 5.11 Å². The molecule has 4 heteroatoms. The number of ether oxygens (including phenoxy) is 2. The molecule has 0 fully saturated rings. The van der Waals surface area contributed by atoms with Gasteiger partial charge in [0.1, 0.15) is 18.3 Å². The van der Waals surface area contributed by atoms with Gasteiger partial charge in [-0.05, 0) is 19.9 Å². The van der Waals surface area contributed by atoms with E-state index in [2.05, 4.69) is 0 Å². The first-order chi connectivity index (χ1) is 8.02. The van der Waals surface area contributed by atoms with E-state index in [-0.39, 0.29) is 18.8 Å². The van der Waals surface area contributed by atoms with Crippen LogP contribution in [-0.2, 0) is 6.42 Å². The molecule has 0 aliphatic carbocycles. The number of hydrogen-bond acceptors (Lipinski definition) is 4. The molecule has 0 unspecified atom stereocenters. The van der Waals surface area contributed by atoms with Gasteiger partial charge in [-0.2, -0.15) is 0 Å².